The van der Waals surface area contributed by atoms with Crippen LogP contribution in [0.1, 0.15) is 62.3 Å². The van der Waals surface area contributed by atoms with E-state index in [2.05, 4.69) is 19.1 Å². The minimum atomic E-state index is -0.869. The van der Waals surface area contributed by atoms with Gasteiger partial charge < -0.3 is 39.4 Å². The minimum absolute atomic E-state index is 0.0720. The van der Waals surface area contributed by atoms with E-state index in [9.17, 15) is 15.3 Å². The van der Waals surface area contributed by atoms with Crippen molar-refractivity contribution < 1.29 is 39.4 Å². The molecule has 8 nitrogen and oxygen atoms in total. The van der Waals surface area contributed by atoms with Crippen LogP contribution in [0.3, 0.4) is 0 Å². The molecule has 8 heteroatoms. The van der Waals surface area contributed by atoms with Crippen molar-refractivity contribution in [1.29, 1.82) is 0 Å². The van der Waals surface area contributed by atoms with Crippen LogP contribution in [-0.4, -0.2) is 71.8 Å². The molecule has 4 atom stereocenters. The molecular formula is C40H52O8. The van der Waals surface area contributed by atoms with Gasteiger partial charge in [0, 0.05) is 12.5 Å². The van der Waals surface area contributed by atoms with Gasteiger partial charge in [0.15, 0.2) is 0 Å². The fourth-order valence-corrected chi connectivity index (χ4v) is 4.97. The average molecular weight is 661 g/mol. The molecule has 48 heavy (non-hydrogen) atoms. The number of benzene rings is 4. The first-order valence-corrected chi connectivity index (χ1v) is 16.6. The Hall–Kier alpha value is -3.76. The minimum Gasteiger partial charge on any atom is -0.488 e. The maximum atomic E-state index is 9.95. The maximum absolute atomic E-state index is 9.95. The number of aliphatic hydroxyl groups is 4. The molecular weight excluding hydrogens is 608 g/mol. The second kappa shape index (κ2) is 20.6. The molecule has 0 spiro atoms. The largest absolute Gasteiger partial charge is 0.488 e. The molecule has 0 bridgehead atoms. The summed E-state index contributed by atoms with van der Waals surface area (Å²) in [6.07, 6.45) is -0.134. The Morgan fingerprint density at radius 2 is 1.08 bits per heavy atom. The van der Waals surface area contributed by atoms with E-state index < -0.39 is 11.7 Å². The molecule has 4 aromatic carbocycles. The monoisotopic (exact) mass is 660 g/mol. The highest BCUT2D eigenvalue weighted by molar-refractivity contribution is 5.40. The third-order valence-corrected chi connectivity index (χ3v) is 8.07. The zero-order chi connectivity index (χ0) is 34.8. The third-order valence-electron chi connectivity index (χ3n) is 8.07. The quantitative estimate of drug-likeness (QED) is 0.0992. The third kappa shape index (κ3) is 12.0. The Balaban J connectivity index is 0.000000480. The van der Waals surface area contributed by atoms with Crippen LogP contribution in [0.2, 0.25) is 0 Å². The Labute approximate surface area is 285 Å². The van der Waals surface area contributed by atoms with Gasteiger partial charge in [0.05, 0.1) is 33.0 Å². The van der Waals surface area contributed by atoms with Gasteiger partial charge >= 0.3 is 0 Å². The summed E-state index contributed by atoms with van der Waals surface area (Å²) in [4.78, 5) is 0. The van der Waals surface area contributed by atoms with Gasteiger partial charge in [-0.05, 0) is 73.7 Å². The molecule has 0 aliphatic rings. The number of hydrogen-bond acceptors (Lipinski definition) is 8. The summed E-state index contributed by atoms with van der Waals surface area (Å²) in [6.45, 7) is 8.12. The van der Waals surface area contributed by atoms with Crippen molar-refractivity contribution in [2.45, 2.75) is 70.6 Å². The molecule has 4 aromatic rings. The lowest BCUT2D eigenvalue weighted by Crippen LogP contribution is -2.34. The smallest absolute Gasteiger partial charge is 0.119 e. The fraction of sp³-hybridized carbons (Fsp3) is 0.400. The van der Waals surface area contributed by atoms with Gasteiger partial charge in [-0.3, -0.25) is 0 Å². The second-order valence-electron chi connectivity index (χ2n) is 11.9. The molecule has 0 aromatic heterocycles. The number of hydrogen-bond donors (Lipinski definition) is 4. The standard InChI is InChI=1S/C30H38O7.C10H14O/c1-22(17-31)36-27-13-9-25(10-14-27)30(3,26-11-15-28(16-12-26)37-23(2)18-32)35-21-29(19-33)34-20-24-7-5-4-6-8-24;1-2-9(8-11)10-6-4-3-5-7-10/h4-16,22-23,29,31-33H,17-21H2,1-3H3;3-7,9,11H,2,8H2,1H3. The lowest BCUT2D eigenvalue weighted by molar-refractivity contribution is -0.0930. The summed E-state index contributed by atoms with van der Waals surface area (Å²) in [7, 11) is 0. The average Bonchev–Trinajstić information content (AvgIpc) is 3.13. The van der Waals surface area contributed by atoms with E-state index in [4.69, 9.17) is 24.1 Å². The van der Waals surface area contributed by atoms with Crippen LogP contribution >= 0.6 is 0 Å². The van der Waals surface area contributed by atoms with E-state index in [1.807, 2.05) is 104 Å². The van der Waals surface area contributed by atoms with Gasteiger partial charge in [0.25, 0.3) is 0 Å². The predicted molar refractivity (Wildman–Crippen MR) is 188 cm³/mol. The van der Waals surface area contributed by atoms with E-state index in [1.54, 1.807) is 13.8 Å². The van der Waals surface area contributed by atoms with Crippen molar-refractivity contribution in [3.63, 3.8) is 0 Å². The Morgan fingerprint density at radius 3 is 1.50 bits per heavy atom. The van der Waals surface area contributed by atoms with E-state index in [0.29, 0.717) is 24.0 Å². The zero-order valence-corrected chi connectivity index (χ0v) is 28.6. The fourth-order valence-electron chi connectivity index (χ4n) is 4.97. The summed E-state index contributed by atoms with van der Waals surface area (Å²) >= 11 is 0. The Kier molecular flexibility index (Phi) is 16.6. The highest BCUT2D eigenvalue weighted by atomic mass is 16.5. The van der Waals surface area contributed by atoms with Gasteiger partial charge in [-0.15, -0.1) is 0 Å². The van der Waals surface area contributed by atoms with Crippen molar-refractivity contribution >= 4 is 0 Å². The van der Waals surface area contributed by atoms with Crippen molar-refractivity contribution in [3.05, 3.63) is 131 Å². The van der Waals surface area contributed by atoms with Gasteiger partial charge in [0.2, 0.25) is 0 Å². The van der Waals surface area contributed by atoms with Gasteiger partial charge in [-0.25, -0.2) is 0 Å². The first-order valence-electron chi connectivity index (χ1n) is 16.6. The van der Waals surface area contributed by atoms with Gasteiger partial charge in [0.1, 0.15) is 35.4 Å². The number of aliphatic hydroxyl groups excluding tert-OH is 4. The first-order chi connectivity index (χ1) is 23.3. The highest BCUT2D eigenvalue weighted by Crippen LogP contribution is 2.36. The summed E-state index contributed by atoms with van der Waals surface area (Å²) in [5, 5.41) is 37.5. The molecule has 0 fully saturated rings. The molecule has 0 aliphatic carbocycles. The van der Waals surface area contributed by atoms with E-state index in [-0.39, 0.29) is 45.2 Å². The van der Waals surface area contributed by atoms with Crippen LogP contribution in [0.15, 0.2) is 109 Å². The summed E-state index contributed by atoms with van der Waals surface area (Å²) < 4.78 is 23.8. The molecule has 0 saturated carbocycles. The molecule has 0 radical (unpaired) electrons. The highest BCUT2D eigenvalue weighted by Gasteiger charge is 2.31. The molecule has 0 saturated heterocycles. The van der Waals surface area contributed by atoms with E-state index in [0.717, 1.165) is 23.1 Å². The Morgan fingerprint density at radius 1 is 0.604 bits per heavy atom. The molecule has 0 amide bonds. The second-order valence-corrected chi connectivity index (χ2v) is 11.9. The Bertz CT molecular complexity index is 1340. The molecule has 260 valence electrons. The van der Waals surface area contributed by atoms with Crippen molar-refractivity contribution in [3.8, 4) is 11.5 Å². The molecule has 0 heterocycles. The zero-order valence-electron chi connectivity index (χ0n) is 28.6. The van der Waals surface area contributed by atoms with Crippen LogP contribution in [0, 0.1) is 0 Å². The molecule has 0 aliphatic heterocycles. The summed E-state index contributed by atoms with van der Waals surface area (Å²) in [5.41, 5.74) is 3.15. The van der Waals surface area contributed by atoms with Gasteiger partial charge in [-0.2, -0.15) is 0 Å². The van der Waals surface area contributed by atoms with Crippen LogP contribution in [0.5, 0.6) is 11.5 Å². The predicted octanol–water partition coefficient (Wildman–Crippen LogP) is 6.24. The summed E-state index contributed by atoms with van der Waals surface area (Å²) in [6, 6.07) is 35.0. The topological polar surface area (TPSA) is 118 Å². The van der Waals surface area contributed by atoms with Crippen LogP contribution < -0.4 is 9.47 Å². The number of ether oxygens (including phenoxy) is 4. The normalized spacial score (nSPS) is 14.8. The maximum Gasteiger partial charge on any atom is 0.119 e. The van der Waals surface area contributed by atoms with Crippen molar-refractivity contribution in [1.82, 2.24) is 0 Å². The molecule has 4 rings (SSSR count). The van der Waals surface area contributed by atoms with Crippen LogP contribution in [0.4, 0.5) is 0 Å². The lowest BCUT2D eigenvalue weighted by atomic mass is 9.87. The van der Waals surface area contributed by atoms with Crippen LogP contribution in [-0.2, 0) is 21.7 Å². The first kappa shape index (κ1) is 38.7. The SMILES string of the molecule is CC(CO)Oc1ccc(C(C)(OCC(CO)OCc2ccccc2)c2ccc(OC(C)CO)cc2)cc1.CCC(CO)c1ccccc1. The van der Waals surface area contributed by atoms with Crippen molar-refractivity contribution in [2.24, 2.45) is 0 Å². The lowest BCUT2D eigenvalue weighted by Gasteiger charge is -2.33. The van der Waals surface area contributed by atoms with E-state index in [1.165, 1.54) is 5.56 Å². The molecule has 4 N–H and O–H groups in total. The van der Waals surface area contributed by atoms with E-state index >= 15 is 0 Å². The van der Waals surface area contributed by atoms with Crippen LogP contribution in [0.25, 0.3) is 0 Å². The molecule has 4 unspecified atom stereocenters. The van der Waals surface area contributed by atoms with Crippen molar-refractivity contribution in [2.75, 3.05) is 33.0 Å². The van der Waals surface area contributed by atoms with Gasteiger partial charge in [-0.1, -0.05) is 91.9 Å². The number of rotatable bonds is 18. The summed E-state index contributed by atoms with van der Waals surface area (Å²) in [5.74, 6) is 1.61.